The highest BCUT2D eigenvalue weighted by molar-refractivity contribution is 8.00. The lowest BCUT2D eigenvalue weighted by Crippen LogP contribution is -2.42. The minimum Gasteiger partial charge on any atom is -0.370 e. The molecular formula is C20H27N3O3S. The number of urea groups is 1. The molecule has 1 aromatic carbocycles. The molecule has 3 aliphatic rings. The molecule has 4 atom stereocenters. The van der Waals surface area contributed by atoms with E-state index in [0.29, 0.717) is 31.4 Å². The Kier molecular flexibility index (Phi) is 5.88. The van der Waals surface area contributed by atoms with Gasteiger partial charge in [0, 0.05) is 24.0 Å². The molecule has 3 amide bonds. The zero-order valence-electron chi connectivity index (χ0n) is 15.4. The summed E-state index contributed by atoms with van der Waals surface area (Å²) < 4.78 is 5.85. The minimum absolute atomic E-state index is 0.0193. The summed E-state index contributed by atoms with van der Waals surface area (Å²) in [6, 6.07) is 10.6. The number of rotatable bonds is 6. The number of thioether (sulfide) groups is 1. The van der Waals surface area contributed by atoms with Crippen molar-refractivity contribution in [1.29, 1.82) is 0 Å². The van der Waals surface area contributed by atoms with Gasteiger partial charge in [0.05, 0.1) is 25.2 Å². The standard InChI is InChI=1S/C20H27N3O3S/c24-18(23-10-11-26-16(12-23)14-6-2-1-3-7-14)9-5-4-8-17-19-15(13-27-17)21-20(25)22-19/h1-3,6-7,15-17,19H,4-5,8-13H2,(H2,21,22,25)/t15-,16-,17-,19-/m0/s1. The molecule has 0 saturated carbocycles. The first-order chi connectivity index (χ1) is 13.2. The molecular weight excluding hydrogens is 362 g/mol. The summed E-state index contributed by atoms with van der Waals surface area (Å²) in [6.45, 7) is 1.92. The lowest BCUT2D eigenvalue weighted by molar-refractivity contribution is -0.139. The summed E-state index contributed by atoms with van der Waals surface area (Å²) in [6.07, 6.45) is 3.56. The molecule has 4 rings (SSSR count). The number of nitrogens with zero attached hydrogens (tertiary/aromatic N) is 1. The number of ether oxygens (including phenoxy) is 1. The molecule has 0 unspecified atom stereocenters. The molecule has 0 aliphatic carbocycles. The van der Waals surface area contributed by atoms with Crippen molar-refractivity contribution in [3.8, 4) is 0 Å². The maximum Gasteiger partial charge on any atom is 0.315 e. The lowest BCUT2D eigenvalue weighted by Gasteiger charge is -2.33. The van der Waals surface area contributed by atoms with E-state index in [-0.39, 0.29) is 30.1 Å². The number of benzene rings is 1. The van der Waals surface area contributed by atoms with Crippen molar-refractivity contribution in [2.45, 2.75) is 49.1 Å². The summed E-state index contributed by atoms with van der Waals surface area (Å²) in [5.74, 6) is 1.22. The molecule has 2 N–H and O–H groups in total. The molecule has 3 saturated heterocycles. The van der Waals surface area contributed by atoms with E-state index in [4.69, 9.17) is 4.74 Å². The topological polar surface area (TPSA) is 70.7 Å². The van der Waals surface area contributed by atoms with Crippen LogP contribution in [0.3, 0.4) is 0 Å². The van der Waals surface area contributed by atoms with Gasteiger partial charge in [-0.3, -0.25) is 4.79 Å². The Hall–Kier alpha value is -1.73. The molecule has 3 heterocycles. The van der Waals surface area contributed by atoms with Gasteiger partial charge in [0.1, 0.15) is 6.10 Å². The van der Waals surface area contributed by atoms with Gasteiger partial charge >= 0.3 is 6.03 Å². The monoisotopic (exact) mass is 389 g/mol. The van der Waals surface area contributed by atoms with Crippen molar-refractivity contribution in [3.05, 3.63) is 35.9 Å². The SMILES string of the molecule is O=C1N[C@H]2[C@H](CS[C@H]2CCCCC(=O)N2CCO[C@H](c3ccccc3)C2)N1. The van der Waals surface area contributed by atoms with Gasteiger partial charge in [-0.25, -0.2) is 4.79 Å². The van der Waals surface area contributed by atoms with E-state index in [9.17, 15) is 9.59 Å². The minimum atomic E-state index is -0.0363. The van der Waals surface area contributed by atoms with E-state index in [1.54, 1.807) is 0 Å². The van der Waals surface area contributed by atoms with Crippen molar-refractivity contribution < 1.29 is 14.3 Å². The molecule has 0 radical (unpaired) electrons. The number of amides is 3. The average Bonchev–Trinajstić information content (AvgIpc) is 3.25. The maximum absolute atomic E-state index is 12.6. The largest absolute Gasteiger partial charge is 0.370 e. The molecule has 146 valence electrons. The Morgan fingerprint density at radius 2 is 2.07 bits per heavy atom. The average molecular weight is 390 g/mol. The smallest absolute Gasteiger partial charge is 0.315 e. The van der Waals surface area contributed by atoms with Gasteiger partial charge < -0.3 is 20.3 Å². The molecule has 0 spiro atoms. The van der Waals surface area contributed by atoms with Crippen LogP contribution in [0.4, 0.5) is 4.79 Å². The Labute approximate surface area is 164 Å². The van der Waals surface area contributed by atoms with Crippen LogP contribution >= 0.6 is 11.8 Å². The second-order valence-electron chi connectivity index (χ2n) is 7.48. The number of unbranched alkanes of at least 4 members (excludes halogenated alkanes) is 1. The fourth-order valence-corrected chi connectivity index (χ4v) is 5.71. The molecule has 6 nitrogen and oxygen atoms in total. The summed E-state index contributed by atoms with van der Waals surface area (Å²) in [5, 5.41) is 6.47. The van der Waals surface area contributed by atoms with Crippen LogP contribution in [-0.4, -0.2) is 59.6 Å². The van der Waals surface area contributed by atoms with Gasteiger partial charge in [0.2, 0.25) is 5.91 Å². The number of morpholine rings is 1. The first-order valence-corrected chi connectivity index (χ1v) is 10.9. The highest BCUT2D eigenvalue weighted by atomic mass is 32.2. The van der Waals surface area contributed by atoms with Gasteiger partial charge in [0.25, 0.3) is 0 Å². The highest BCUT2D eigenvalue weighted by Gasteiger charge is 2.42. The summed E-state index contributed by atoms with van der Waals surface area (Å²) >= 11 is 1.93. The van der Waals surface area contributed by atoms with Crippen LogP contribution in [0.2, 0.25) is 0 Å². The van der Waals surface area contributed by atoms with Crippen LogP contribution in [0.1, 0.15) is 37.4 Å². The Morgan fingerprint density at radius 1 is 1.22 bits per heavy atom. The fraction of sp³-hybridized carbons (Fsp3) is 0.600. The third-order valence-corrected chi connectivity index (χ3v) is 7.17. The third kappa shape index (κ3) is 4.41. The van der Waals surface area contributed by atoms with E-state index in [0.717, 1.165) is 30.6 Å². The molecule has 0 aromatic heterocycles. The Balaban J connectivity index is 1.19. The van der Waals surface area contributed by atoms with E-state index in [1.807, 2.05) is 34.9 Å². The number of fused-ring (bicyclic) bond motifs is 1. The summed E-state index contributed by atoms with van der Waals surface area (Å²) in [5.41, 5.74) is 1.13. The van der Waals surface area contributed by atoms with E-state index < -0.39 is 0 Å². The molecule has 7 heteroatoms. The van der Waals surface area contributed by atoms with Gasteiger partial charge in [-0.1, -0.05) is 36.8 Å². The maximum atomic E-state index is 12.6. The van der Waals surface area contributed by atoms with Crippen molar-refractivity contribution in [2.24, 2.45) is 0 Å². The Morgan fingerprint density at radius 3 is 2.93 bits per heavy atom. The predicted octanol–water partition coefficient (Wildman–Crippen LogP) is 2.31. The predicted molar refractivity (Wildman–Crippen MR) is 106 cm³/mol. The van der Waals surface area contributed by atoms with Gasteiger partial charge in [-0.2, -0.15) is 11.8 Å². The number of nitrogens with one attached hydrogen (secondary N) is 2. The van der Waals surface area contributed by atoms with Crippen LogP contribution in [0.15, 0.2) is 30.3 Å². The van der Waals surface area contributed by atoms with Crippen LogP contribution in [0, 0.1) is 0 Å². The van der Waals surface area contributed by atoms with Crippen LogP contribution in [-0.2, 0) is 9.53 Å². The lowest BCUT2D eigenvalue weighted by atomic mass is 10.0. The van der Waals surface area contributed by atoms with Crippen LogP contribution < -0.4 is 10.6 Å². The highest BCUT2D eigenvalue weighted by Crippen LogP contribution is 2.33. The number of carbonyl (C=O) groups is 2. The number of hydrogen-bond donors (Lipinski definition) is 2. The second-order valence-corrected chi connectivity index (χ2v) is 8.75. The zero-order chi connectivity index (χ0) is 18.6. The summed E-state index contributed by atoms with van der Waals surface area (Å²) in [7, 11) is 0. The first kappa shape index (κ1) is 18.6. The second kappa shape index (κ2) is 8.52. The zero-order valence-corrected chi connectivity index (χ0v) is 16.2. The van der Waals surface area contributed by atoms with Crippen molar-refractivity contribution in [1.82, 2.24) is 15.5 Å². The van der Waals surface area contributed by atoms with Gasteiger partial charge in [-0.05, 0) is 18.4 Å². The van der Waals surface area contributed by atoms with E-state index >= 15 is 0 Å². The van der Waals surface area contributed by atoms with Crippen molar-refractivity contribution in [3.63, 3.8) is 0 Å². The van der Waals surface area contributed by atoms with Crippen LogP contribution in [0.5, 0.6) is 0 Å². The number of hydrogen-bond acceptors (Lipinski definition) is 4. The van der Waals surface area contributed by atoms with E-state index in [2.05, 4.69) is 22.8 Å². The molecule has 27 heavy (non-hydrogen) atoms. The first-order valence-electron chi connectivity index (χ1n) is 9.83. The number of carbonyl (C=O) groups excluding carboxylic acids is 2. The van der Waals surface area contributed by atoms with Crippen molar-refractivity contribution >= 4 is 23.7 Å². The van der Waals surface area contributed by atoms with Crippen molar-refractivity contribution in [2.75, 3.05) is 25.4 Å². The Bertz CT molecular complexity index is 672. The molecule has 1 aromatic rings. The quantitative estimate of drug-likeness (QED) is 0.579. The fourth-order valence-electron chi connectivity index (χ4n) is 4.17. The summed E-state index contributed by atoms with van der Waals surface area (Å²) in [4.78, 5) is 26.0. The normalized spacial score (nSPS) is 29.9. The van der Waals surface area contributed by atoms with E-state index in [1.165, 1.54) is 0 Å². The molecule has 0 bridgehead atoms. The van der Waals surface area contributed by atoms with Gasteiger partial charge in [0.15, 0.2) is 0 Å². The molecule has 3 fully saturated rings. The van der Waals surface area contributed by atoms with Crippen LogP contribution in [0.25, 0.3) is 0 Å². The molecule has 3 aliphatic heterocycles. The third-order valence-electron chi connectivity index (χ3n) is 5.66. The van der Waals surface area contributed by atoms with Gasteiger partial charge in [-0.15, -0.1) is 0 Å².